The van der Waals surface area contributed by atoms with Crippen molar-refractivity contribution in [2.24, 2.45) is 0 Å². The number of rotatable bonds is 7. The molecule has 0 amide bonds. The summed E-state index contributed by atoms with van der Waals surface area (Å²) in [7, 11) is 1.65. The molecule has 0 unspecified atom stereocenters. The molecule has 1 N–H and O–H groups in total. The van der Waals surface area contributed by atoms with Crippen LogP contribution in [0, 0.1) is 13.8 Å². The number of anilines is 1. The molecule has 0 atom stereocenters. The zero-order valence-corrected chi connectivity index (χ0v) is 11.2. The maximum absolute atomic E-state index is 5.96. The van der Waals surface area contributed by atoms with Crippen molar-refractivity contribution in [1.29, 1.82) is 0 Å². The van der Waals surface area contributed by atoms with E-state index in [4.69, 9.17) is 21.1 Å². The number of nitrogens with one attached hydrogen (secondary N) is 1. The Hall–Kier alpha value is -0.910. The Morgan fingerprint density at radius 2 is 1.94 bits per heavy atom. The molecule has 0 aliphatic carbocycles. The first-order valence-corrected chi connectivity index (χ1v) is 5.84. The van der Waals surface area contributed by atoms with Crippen molar-refractivity contribution >= 4 is 17.4 Å². The van der Waals surface area contributed by atoms with Gasteiger partial charge in [0.15, 0.2) is 0 Å². The highest BCUT2D eigenvalue weighted by Gasteiger charge is 2.06. The van der Waals surface area contributed by atoms with Gasteiger partial charge in [0, 0.05) is 19.2 Å². The van der Waals surface area contributed by atoms with Crippen LogP contribution in [0.15, 0.2) is 0 Å². The van der Waals surface area contributed by atoms with Crippen LogP contribution in [0.2, 0.25) is 5.15 Å². The van der Waals surface area contributed by atoms with Crippen molar-refractivity contribution in [3.8, 4) is 0 Å². The Morgan fingerprint density at radius 1 is 1.18 bits per heavy atom. The summed E-state index contributed by atoms with van der Waals surface area (Å²) in [5.74, 6) is 1.42. The van der Waals surface area contributed by atoms with E-state index in [2.05, 4.69) is 15.3 Å². The SMILES string of the molecule is COCCOCCNc1nc(C)nc(Cl)c1C. The molecule has 1 aromatic heterocycles. The molecule has 1 aromatic rings. The third-order valence-corrected chi connectivity index (χ3v) is 2.54. The lowest BCUT2D eigenvalue weighted by atomic mass is 10.3. The molecule has 0 aliphatic rings. The minimum absolute atomic E-state index is 0.486. The zero-order valence-electron chi connectivity index (χ0n) is 10.4. The van der Waals surface area contributed by atoms with Crippen LogP contribution < -0.4 is 5.32 Å². The lowest BCUT2D eigenvalue weighted by molar-refractivity contribution is 0.0759. The first-order valence-electron chi connectivity index (χ1n) is 5.46. The van der Waals surface area contributed by atoms with Gasteiger partial charge in [-0.25, -0.2) is 9.97 Å². The Labute approximate surface area is 107 Å². The summed E-state index contributed by atoms with van der Waals surface area (Å²) in [6, 6.07) is 0. The summed E-state index contributed by atoms with van der Waals surface area (Å²) in [6.07, 6.45) is 0. The van der Waals surface area contributed by atoms with Crippen LogP contribution in [0.1, 0.15) is 11.4 Å². The summed E-state index contributed by atoms with van der Waals surface area (Å²) >= 11 is 5.96. The number of hydrogen-bond acceptors (Lipinski definition) is 5. The highest BCUT2D eigenvalue weighted by molar-refractivity contribution is 6.30. The molecule has 0 aromatic carbocycles. The monoisotopic (exact) mass is 259 g/mol. The average Bonchev–Trinajstić information content (AvgIpc) is 2.29. The van der Waals surface area contributed by atoms with E-state index >= 15 is 0 Å². The molecule has 1 rings (SSSR count). The van der Waals surface area contributed by atoms with E-state index in [0.29, 0.717) is 37.3 Å². The van der Waals surface area contributed by atoms with E-state index in [1.807, 2.05) is 13.8 Å². The quantitative estimate of drug-likeness (QED) is 0.598. The van der Waals surface area contributed by atoms with Crippen LogP contribution in [0.3, 0.4) is 0 Å². The van der Waals surface area contributed by atoms with Gasteiger partial charge in [-0.1, -0.05) is 11.6 Å². The predicted octanol–water partition coefficient (Wildman–Crippen LogP) is 1.82. The fourth-order valence-electron chi connectivity index (χ4n) is 1.25. The highest BCUT2D eigenvalue weighted by Crippen LogP contribution is 2.19. The average molecular weight is 260 g/mol. The van der Waals surface area contributed by atoms with Crippen molar-refractivity contribution in [3.63, 3.8) is 0 Å². The molecule has 6 heteroatoms. The molecule has 96 valence electrons. The van der Waals surface area contributed by atoms with E-state index in [1.165, 1.54) is 0 Å². The Bertz CT molecular complexity index is 361. The van der Waals surface area contributed by atoms with Gasteiger partial charge < -0.3 is 14.8 Å². The van der Waals surface area contributed by atoms with Gasteiger partial charge in [-0.15, -0.1) is 0 Å². The number of nitrogens with zero attached hydrogens (tertiary/aromatic N) is 2. The fraction of sp³-hybridized carbons (Fsp3) is 0.636. The van der Waals surface area contributed by atoms with Gasteiger partial charge in [0.25, 0.3) is 0 Å². The van der Waals surface area contributed by atoms with E-state index in [1.54, 1.807) is 7.11 Å². The van der Waals surface area contributed by atoms with Crippen LogP contribution in [0.4, 0.5) is 5.82 Å². The molecular formula is C11H18ClN3O2. The third kappa shape index (κ3) is 4.85. The minimum Gasteiger partial charge on any atom is -0.382 e. The Kier molecular flexibility index (Phi) is 6.18. The van der Waals surface area contributed by atoms with E-state index < -0.39 is 0 Å². The second-order valence-electron chi connectivity index (χ2n) is 3.57. The summed E-state index contributed by atoms with van der Waals surface area (Å²) in [6.45, 7) is 6.18. The molecule has 0 spiro atoms. The summed E-state index contributed by atoms with van der Waals surface area (Å²) in [4.78, 5) is 8.35. The molecule has 0 bridgehead atoms. The standard InChI is InChI=1S/C11H18ClN3O2/c1-8-10(12)14-9(2)15-11(8)13-4-5-17-7-6-16-3/h4-7H2,1-3H3,(H,13,14,15). The van der Waals surface area contributed by atoms with Gasteiger partial charge in [0.1, 0.15) is 16.8 Å². The second-order valence-corrected chi connectivity index (χ2v) is 3.93. The number of hydrogen-bond donors (Lipinski definition) is 1. The summed E-state index contributed by atoms with van der Waals surface area (Å²) in [5, 5.41) is 3.66. The van der Waals surface area contributed by atoms with E-state index in [9.17, 15) is 0 Å². The molecule has 17 heavy (non-hydrogen) atoms. The first kappa shape index (κ1) is 14.2. The fourth-order valence-corrected chi connectivity index (χ4v) is 1.46. The second kappa shape index (κ2) is 7.42. The number of halogens is 1. The van der Waals surface area contributed by atoms with Crippen LogP contribution in [0.25, 0.3) is 0 Å². The maximum Gasteiger partial charge on any atom is 0.137 e. The lowest BCUT2D eigenvalue weighted by Crippen LogP contribution is -2.14. The largest absolute Gasteiger partial charge is 0.382 e. The predicted molar refractivity (Wildman–Crippen MR) is 67.7 cm³/mol. The molecule has 0 saturated heterocycles. The molecule has 5 nitrogen and oxygen atoms in total. The molecule has 0 aliphatic heterocycles. The topological polar surface area (TPSA) is 56.3 Å². The molecular weight excluding hydrogens is 242 g/mol. The van der Waals surface area contributed by atoms with Crippen LogP contribution in [-0.4, -0.2) is 43.4 Å². The molecule has 0 radical (unpaired) electrons. The van der Waals surface area contributed by atoms with Crippen molar-refractivity contribution in [2.45, 2.75) is 13.8 Å². The number of methoxy groups -OCH3 is 1. The maximum atomic E-state index is 5.96. The van der Waals surface area contributed by atoms with Crippen molar-refractivity contribution < 1.29 is 9.47 Å². The van der Waals surface area contributed by atoms with Gasteiger partial charge in [-0.3, -0.25) is 0 Å². The first-order chi connectivity index (χ1) is 8.15. The third-order valence-electron chi connectivity index (χ3n) is 2.17. The minimum atomic E-state index is 0.486. The smallest absolute Gasteiger partial charge is 0.137 e. The van der Waals surface area contributed by atoms with Gasteiger partial charge >= 0.3 is 0 Å². The van der Waals surface area contributed by atoms with Gasteiger partial charge in [-0.05, 0) is 13.8 Å². The molecule has 0 fully saturated rings. The normalized spacial score (nSPS) is 10.6. The van der Waals surface area contributed by atoms with E-state index in [0.717, 1.165) is 11.4 Å². The lowest BCUT2D eigenvalue weighted by Gasteiger charge is -2.10. The summed E-state index contributed by atoms with van der Waals surface area (Å²) in [5.41, 5.74) is 0.856. The van der Waals surface area contributed by atoms with Crippen molar-refractivity contribution in [3.05, 3.63) is 16.5 Å². The van der Waals surface area contributed by atoms with E-state index in [-0.39, 0.29) is 0 Å². The Balaban J connectivity index is 2.36. The molecule has 1 heterocycles. The van der Waals surface area contributed by atoms with Crippen molar-refractivity contribution in [2.75, 3.05) is 38.8 Å². The van der Waals surface area contributed by atoms with Gasteiger partial charge in [0.05, 0.1) is 19.8 Å². The van der Waals surface area contributed by atoms with Gasteiger partial charge in [0.2, 0.25) is 0 Å². The summed E-state index contributed by atoms with van der Waals surface area (Å²) < 4.78 is 10.2. The van der Waals surface area contributed by atoms with Crippen molar-refractivity contribution in [1.82, 2.24) is 9.97 Å². The van der Waals surface area contributed by atoms with Gasteiger partial charge in [-0.2, -0.15) is 0 Å². The van der Waals surface area contributed by atoms with Crippen LogP contribution in [-0.2, 0) is 9.47 Å². The number of ether oxygens (including phenoxy) is 2. The highest BCUT2D eigenvalue weighted by atomic mass is 35.5. The number of aryl methyl sites for hydroxylation is 1. The van der Waals surface area contributed by atoms with Crippen LogP contribution >= 0.6 is 11.6 Å². The number of aromatic nitrogens is 2. The van der Waals surface area contributed by atoms with Crippen LogP contribution in [0.5, 0.6) is 0 Å². The Morgan fingerprint density at radius 3 is 2.65 bits per heavy atom. The molecule has 0 saturated carbocycles. The zero-order chi connectivity index (χ0) is 12.7.